The quantitative estimate of drug-likeness (QED) is 0.694. The molecule has 1 amide bonds. The molecular formula is C15H15N4O. The van der Waals surface area contributed by atoms with Crippen molar-refractivity contribution < 1.29 is 4.79 Å². The van der Waals surface area contributed by atoms with Gasteiger partial charge in [0, 0.05) is 54.2 Å². The lowest BCUT2D eigenvalue weighted by Crippen LogP contribution is -2.25. The van der Waals surface area contributed by atoms with Gasteiger partial charge in [-0.2, -0.15) is 0 Å². The standard InChI is InChI=1S/C15H15N4O/c20-15(18-5-1-8-19-9-7-16-11-19)13-3-2-12-4-6-17-14(12)10-13/h2-3,6-7,9-11,17H,1,5,8H2,(H,18,20). The predicted molar refractivity (Wildman–Crippen MR) is 76.3 cm³/mol. The normalized spacial score (nSPS) is 10.8. The summed E-state index contributed by atoms with van der Waals surface area (Å²) in [6, 6.07) is 8.61. The number of hydrogen-bond acceptors (Lipinski definition) is 2. The van der Waals surface area contributed by atoms with Crippen molar-refractivity contribution in [3.05, 3.63) is 54.7 Å². The van der Waals surface area contributed by atoms with E-state index in [0.29, 0.717) is 12.1 Å². The topological polar surface area (TPSA) is 62.7 Å². The van der Waals surface area contributed by atoms with Gasteiger partial charge in [-0.05, 0) is 18.6 Å². The van der Waals surface area contributed by atoms with E-state index in [9.17, 15) is 4.79 Å². The number of carbonyl (C=O) groups is 1. The molecule has 0 fully saturated rings. The number of hydrogen-bond donors (Lipinski definition) is 2. The Balaban J connectivity index is 1.53. The summed E-state index contributed by atoms with van der Waals surface area (Å²) in [5.74, 6) is -0.0490. The maximum Gasteiger partial charge on any atom is 0.251 e. The zero-order valence-corrected chi connectivity index (χ0v) is 11.0. The maximum atomic E-state index is 12.0. The minimum absolute atomic E-state index is 0.0490. The van der Waals surface area contributed by atoms with Crippen molar-refractivity contribution in [1.29, 1.82) is 0 Å². The summed E-state index contributed by atoms with van der Waals surface area (Å²) in [5.41, 5.74) is 1.59. The SMILES string of the molecule is O=C(NCCCn1ccnc1)c1ccc2[c]c[nH]c2c1. The molecule has 0 unspecified atom stereocenters. The van der Waals surface area contributed by atoms with Crippen LogP contribution in [-0.4, -0.2) is 27.0 Å². The number of fused-ring (bicyclic) bond motifs is 1. The lowest BCUT2D eigenvalue weighted by molar-refractivity contribution is 0.0953. The fraction of sp³-hybridized carbons (Fsp3) is 0.200. The third-order valence-electron chi connectivity index (χ3n) is 3.17. The Morgan fingerprint density at radius 3 is 3.25 bits per heavy atom. The molecule has 3 aromatic rings. The third-order valence-corrected chi connectivity index (χ3v) is 3.17. The van der Waals surface area contributed by atoms with Gasteiger partial charge < -0.3 is 14.9 Å². The summed E-state index contributed by atoms with van der Waals surface area (Å²) in [7, 11) is 0. The summed E-state index contributed by atoms with van der Waals surface area (Å²) >= 11 is 0. The molecule has 2 heterocycles. The molecule has 2 aromatic heterocycles. The monoisotopic (exact) mass is 267 g/mol. The van der Waals surface area contributed by atoms with E-state index in [1.54, 1.807) is 18.7 Å². The van der Waals surface area contributed by atoms with Crippen molar-refractivity contribution in [3.8, 4) is 0 Å². The number of imidazole rings is 1. The number of amides is 1. The van der Waals surface area contributed by atoms with E-state index < -0.39 is 0 Å². The lowest BCUT2D eigenvalue weighted by atomic mass is 10.1. The molecule has 0 saturated heterocycles. The molecule has 0 aliphatic rings. The van der Waals surface area contributed by atoms with Crippen LogP contribution in [0.1, 0.15) is 16.8 Å². The molecule has 101 valence electrons. The number of aryl methyl sites for hydroxylation is 1. The molecule has 0 bridgehead atoms. The van der Waals surface area contributed by atoms with E-state index in [1.165, 1.54) is 0 Å². The van der Waals surface area contributed by atoms with E-state index in [2.05, 4.69) is 21.4 Å². The zero-order valence-electron chi connectivity index (χ0n) is 11.0. The Bertz CT molecular complexity index is 700. The van der Waals surface area contributed by atoms with Crippen LogP contribution in [-0.2, 0) is 6.54 Å². The van der Waals surface area contributed by atoms with Crippen LogP contribution in [0.4, 0.5) is 0 Å². The van der Waals surface area contributed by atoms with Gasteiger partial charge in [-0.1, -0.05) is 6.07 Å². The number of rotatable bonds is 5. The van der Waals surface area contributed by atoms with Crippen LogP contribution in [0.2, 0.25) is 0 Å². The van der Waals surface area contributed by atoms with Gasteiger partial charge in [0.25, 0.3) is 5.91 Å². The summed E-state index contributed by atoms with van der Waals surface area (Å²) < 4.78 is 1.99. The first-order valence-electron chi connectivity index (χ1n) is 6.56. The molecule has 2 N–H and O–H groups in total. The van der Waals surface area contributed by atoms with Crippen LogP contribution in [0.5, 0.6) is 0 Å². The minimum Gasteiger partial charge on any atom is -0.361 e. The van der Waals surface area contributed by atoms with Crippen LogP contribution in [0, 0.1) is 6.07 Å². The van der Waals surface area contributed by atoms with E-state index in [0.717, 1.165) is 23.9 Å². The molecule has 5 heteroatoms. The highest BCUT2D eigenvalue weighted by Crippen LogP contribution is 2.13. The van der Waals surface area contributed by atoms with Crippen LogP contribution >= 0.6 is 0 Å². The van der Waals surface area contributed by atoms with Gasteiger partial charge in [0.1, 0.15) is 0 Å². The summed E-state index contributed by atoms with van der Waals surface area (Å²) in [4.78, 5) is 19.0. The average molecular weight is 267 g/mol. The second-order valence-corrected chi connectivity index (χ2v) is 4.60. The number of carbonyl (C=O) groups excluding carboxylic acids is 1. The summed E-state index contributed by atoms with van der Waals surface area (Å²) in [6.45, 7) is 1.50. The van der Waals surface area contributed by atoms with Crippen molar-refractivity contribution in [2.75, 3.05) is 6.54 Å². The summed E-state index contributed by atoms with van der Waals surface area (Å²) in [6.07, 6.45) is 8.06. The predicted octanol–water partition coefficient (Wildman–Crippen LogP) is 1.98. The van der Waals surface area contributed by atoms with E-state index in [4.69, 9.17) is 0 Å². The van der Waals surface area contributed by atoms with Crippen molar-refractivity contribution in [1.82, 2.24) is 19.9 Å². The Morgan fingerprint density at radius 2 is 2.40 bits per heavy atom. The minimum atomic E-state index is -0.0490. The average Bonchev–Trinajstić information content (AvgIpc) is 3.13. The highest BCUT2D eigenvalue weighted by Gasteiger charge is 2.06. The van der Waals surface area contributed by atoms with Crippen LogP contribution in [0.3, 0.4) is 0 Å². The van der Waals surface area contributed by atoms with Gasteiger partial charge in [-0.3, -0.25) is 4.79 Å². The highest BCUT2D eigenvalue weighted by molar-refractivity contribution is 5.97. The van der Waals surface area contributed by atoms with E-state index >= 15 is 0 Å². The van der Waals surface area contributed by atoms with Crippen molar-refractivity contribution >= 4 is 16.8 Å². The molecule has 0 aliphatic carbocycles. The first kappa shape index (κ1) is 12.5. The number of aromatic amines is 1. The Labute approximate surface area is 116 Å². The molecule has 0 atom stereocenters. The fourth-order valence-electron chi connectivity index (χ4n) is 2.11. The third kappa shape index (κ3) is 2.71. The largest absolute Gasteiger partial charge is 0.361 e. The highest BCUT2D eigenvalue weighted by atomic mass is 16.1. The fourth-order valence-corrected chi connectivity index (χ4v) is 2.11. The van der Waals surface area contributed by atoms with Crippen molar-refractivity contribution in [3.63, 3.8) is 0 Å². The van der Waals surface area contributed by atoms with E-state index in [-0.39, 0.29) is 5.91 Å². The van der Waals surface area contributed by atoms with Gasteiger partial charge in [0.2, 0.25) is 0 Å². The van der Waals surface area contributed by atoms with Crippen LogP contribution in [0.15, 0.2) is 43.1 Å². The van der Waals surface area contributed by atoms with E-state index in [1.807, 2.05) is 29.0 Å². The number of benzene rings is 1. The second kappa shape index (κ2) is 5.61. The molecule has 1 radical (unpaired) electrons. The molecule has 0 saturated carbocycles. The number of nitrogens with zero attached hydrogens (tertiary/aromatic N) is 2. The van der Waals surface area contributed by atoms with Gasteiger partial charge >= 0.3 is 0 Å². The van der Waals surface area contributed by atoms with Crippen molar-refractivity contribution in [2.45, 2.75) is 13.0 Å². The van der Waals surface area contributed by atoms with Crippen LogP contribution < -0.4 is 5.32 Å². The number of H-pyrrole nitrogens is 1. The lowest BCUT2D eigenvalue weighted by Gasteiger charge is -2.06. The van der Waals surface area contributed by atoms with Crippen molar-refractivity contribution in [2.24, 2.45) is 0 Å². The maximum absolute atomic E-state index is 12.0. The smallest absolute Gasteiger partial charge is 0.251 e. The molecule has 5 nitrogen and oxygen atoms in total. The Hall–Kier alpha value is -2.56. The molecule has 3 rings (SSSR count). The summed E-state index contributed by atoms with van der Waals surface area (Å²) in [5, 5.41) is 3.91. The zero-order chi connectivity index (χ0) is 13.8. The molecule has 0 spiro atoms. The Morgan fingerprint density at radius 1 is 1.45 bits per heavy atom. The molecule has 20 heavy (non-hydrogen) atoms. The second-order valence-electron chi connectivity index (χ2n) is 4.60. The molecule has 1 aromatic carbocycles. The molecule has 0 aliphatic heterocycles. The van der Waals surface area contributed by atoms with Gasteiger partial charge in [-0.15, -0.1) is 0 Å². The number of aromatic nitrogens is 3. The number of nitrogens with one attached hydrogen (secondary N) is 2. The van der Waals surface area contributed by atoms with Gasteiger partial charge in [0.05, 0.1) is 6.33 Å². The van der Waals surface area contributed by atoms with Crippen LogP contribution in [0.25, 0.3) is 10.9 Å². The molecular weight excluding hydrogens is 252 g/mol. The Kier molecular flexibility index (Phi) is 3.50. The first-order chi connectivity index (χ1) is 9.83. The first-order valence-corrected chi connectivity index (χ1v) is 6.56. The van der Waals surface area contributed by atoms with Gasteiger partial charge in [-0.25, -0.2) is 4.98 Å². The van der Waals surface area contributed by atoms with Gasteiger partial charge in [0.15, 0.2) is 0 Å².